The minimum absolute atomic E-state index is 0.158. The number of aromatic nitrogens is 1. The topological polar surface area (TPSA) is 33.2 Å². The first-order valence-corrected chi connectivity index (χ1v) is 7.52. The summed E-state index contributed by atoms with van der Waals surface area (Å²) in [6.07, 6.45) is 0.514. The van der Waals surface area contributed by atoms with Gasteiger partial charge in [-0.25, -0.2) is 4.98 Å². The number of carbonyl (C=O) groups is 1. The van der Waals surface area contributed by atoms with Gasteiger partial charge in [-0.1, -0.05) is 18.2 Å². The summed E-state index contributed by atoms with van der Waals surface area (Å²) in [5.41, 5.74) is 3.58. The first-order chi connectivity index (χ1) is 10.5. The van der Waals surface area contributed by atoms with E-state index in [1.807, 2.05) is 50.2 Å². The number of ketones is 1. The summed E-state index contributed by atoms with van der Waals surface area (Å²) in [5, 5.41) is 2.14. The molecule has 0 aliphatic carbocycles. The smallest absolute Gasteiger partial charge is 0.166 e. The van der Waals surface area contributed by atoms with Crippen LogP contribution in [0.15, 0.2) is 42.5 Å². The highest BCUT2D eigenvalue weighted by Crippen LogP contribution is 2.25. The van der Waals surface area contributed by atoms with Crippen molar-refractivity contribution in [2.75, 3.05) is 20.6 Å². The number of hydrogen-bond acceptors (Lipinski definition) is 3. The molecule has 0 unspecified atom stereocenters. The van der Waals surface area contributed by atoms with Crippen LogP contribution in [0, 0.1) is 6.92 Å². The van der Waals surface area contributed by atoms with Crippen LogP contribution < -0.4 is 0 Å². The van der Waals surface area contributed by atoms with Crippen LogP contribution in [0.4, 0.5) is 0 Å². The summed E-state index contributed by atoms with van der Waals surface area (Å²) >= 11 is 0. The number of fused-ring (bicyclic) bond motifs is 2. The second-order valence-corrected chi connectivity index (χ2v) is 6.04. The molecule has 0 fully saturated rings. The predicted molar refractivity (Wildman–Crippen MR) is 91.5 cm³/mol. The van der Waals surface area contributed by atoms with Crippen molar-refractivity contribution in [1.82, 2.24) is 9.88 Å². The van der Waals surface area contributed by atoms with Crippen molar-refractivity contribution in [3.05, 3.63) is 53.6 Å². The molecule has 0 N–H and O–H groups in total. The Morgan fingerprint density at radius 2 is 1.86 bits per heavy atom. The number of nitrogens with zero attached hydrogens (tertiary/aromatic N) is 2. The second kappa shape index (κ2) is 5.85. The molecule has 22 heavy (non-hydrogen) atoms. The summed E-state index contributed by atoms with van der Waals surface area (Å²) in [6, 6.07) is 14.2. The Bertz CT molecular complexity index is 853. The number of hydrogen-bond donors (Lipinski definition) is 0. The van der Waals surface area contributed by atoms with Crippen LogP contribution in [0.25, 0.3) is 21.8 Å². The molecule has 0 aliphatic heterocycles. The third kappa shape index (κ3) is 2.85. The van der Waals surface area contributed by atoms with Gasteiger partial charge in [0.2, 0.25) is 0 Å². The summed E-state index contributed by atoms with van der Waals surface area (Å²) in [5.74, 6) is 0.158. The summed E-state index contributed by atoms with van der Waals surface area (Å²) in [7, 11) is 3.96. The maximum Gasteiger partial charge on any atom is 0.166 e. The van der Waals surface area contributed by atoms with E-state index in [4.69, 9.17) is 4.98 Å². The van der Waals surface area contributed by atoms with Crippen molar-refractivity contribution in [3.8, 4) is 0 Å². The van der Waals surface area contributed by atoms with Gasteiger partial charge in [0.15, 0.2) is 5.78 Å². The molecule has 0 amide bonds. The van der Waals surface area contributed by atoms with Crippen LogP contribution in [-0.4, -0.2) is 36.3 Å². The van der Waals surface area contributed by atoms with Crippen molar-refractivity contribution in [2.24, 2.45) is 0 Å². The third-order valence-electron chi connectivity index (χ3n) is 3.85. The number of Topliss-reactive ketones (excluding diaryl/α,β-unsaturated/α-hetero) is 1. The van der Waals surface area contributed by atoms with E-state index in [0.717, 1.165) is 39.5 Å². The Kier molecular flexibility index (Phi) is 3.90. The average Bonchev–Trinajstić information content (AvgIpc) is 2.49. The number of carbonyl (C=O) groups excluding carboxylic acids is 1. The number of aryl methyl sites for hydroxylation is 1. The second-order valence-electron chi connectivity index (χ2n) is 6.04. The molecule has 112 valence electrons. The first-order valence-electron chi connectivity index (χ1n) is 7.52. The molecule has 2 aromatic carbocycles. The maximum absolute atomic E-state index is 12.6. The molecule has 3 heteroatoms. The number of benzene rings is 2. The Morgan fingerprint density at radius 3 is 2.64 bits per heavy atom. The Labute approximate surface area is 130 Å². The number of pyridine rings is 1. The molecule has 0 bridgehead atoms. The molecule has 3 rings (SSSR count). The molecule has 1 aromatic heterocycles. The molecular formula is C19H20N2O. The average molecular weight is 292 g/mol. The van der Waals surface area contributed by atoms with E-state index in [1.165, 1.54) is 0 Å². The van der Waals surface area contributed by atoms with Gasteiger partial charge in [-0.15, -0.1) is 0 Å². The number of para-hydroxylation sites is 1. The quantitative estimate of drug-likeness (QED) is 0.541. The van der Waals surface area contributed by atoms with Gasteiger partial charge in [0, 0.05) is 29.3 Å². The van der Waals surface area contributed by atoms with Gasteiger partial charge in [0.1, 0.15) is 0 Å². The molecule has 0 spiro atoms. The van der Waals surface area contributed by atoms with Crippen LogP contribution in [0.1, 0.15) is 22.3 Å². The van der Waals surface area contributed by atoms with Crippen molar-refractivity contribution in [2.45, 2.75) is 13.3 Å². The van der Waals surface area contributed by atoms with Gasteiger partial charge >= 0.3 is 0 Å². The largest absolute Gasteiger partial charge is 0.309 e. The maximum atomic E-state index is 12.6. The van der Waals surface area contributed by atoms with Gasteiger partial charge < -0.3 is 4.90 Å². The van der Waals surface area contributed by atoms with Gasteiger partial charge in [0.25, 0.3) is 0 Å². The van der Waals surface area contributed by atoms with Gasteiger partial charge in [-0.05, 0) is 50.8 Å². The molecule has 0 aliphatic rings. The molecule has 1 heterocycles. The zero-order valence-corrected chi connectivity index (χ0v) is 13.3. The molecular weight excluding hydrogens is 272 g/mol. The van der Waals surface area contributed by atoms with Crippen LogP contribution in [0.2, 0.25) is 0 Å². The van der Waals surface area contributed by atoms with Crippen molar-refractivity contribution >= 4 is 27.6 Å². The van der Waals surface area contributed by atoms with E-state index in [2.05, 4.69) is 18.2 Å². The lowest BCUT2D eigenvalue weighted by Gasteiger charge is -2.11. The van der Waals surface area contributed by atoms with E-state index in [0.29, 0.717) is 6.42 Å². The molecule has 0 saturated carbocycles. The van der Waals surface area contributed by atoms with Crippen molar-refractivity contribution in [1.29, 1.82) is 0 Å². The monoisotopic (exact) mass is 292 g/mol. The van der Waals surface area contributed by atoms with Gasteiger partial charge in [-0.2, -0.15) is 0 Å². The highest BCUT2D eigenvalue weighted by molar-refractivity contribution is 6.09. The molecule has 0 saturated heterocycles. The van der Waals surface area contributed by atoms with Crippen LogP contribution >= 0.6 is 0 Å². The summed E-state index contributed by atoms with van der Waals surface area (Å²) in [6.45, 7) is 2.78. The molecule has 3 aromatic rings. The third-order valence-corrected chi connectivity index (χ3v) is 3.85. The van der Waals surface area contributed by atoms with Gasteiger partial charge in [0.05, 0.1) is 11.0 Å². The molecule has 3 nitrogen and oxygen atoms in total. The lowest BCUT2D eigenvalue weighted by Crippen LogP contribution is -2.17. The van der Waals surface area contributed by atoms with Crippen molar-refractivity contribution < 1.29 is 4.79 Å². The Morgan fingerprint density at radius 1 is 1.09 bits per heavy atom. The Hall–Kier alpha value is -2.26. The standard InChI is InChI=1S/C19H20N2O/c1-13-10-15-12-14-6-4-5-7-17(14)20-19(15)16(11-13)18(22)8-9-21(2)3/h4-7,10-12H,8-9H2,1-3H3. The lowest BCUT2D eigenvalue weighted by atomic mass is 9.99. The van der Waals surface area contributed by atoms with E-state index in [-0.39, 0.29) is 5.78 Å². The fourth-order valence-corrected chi connectivity index (χ4v) is 2.71. The van der Waals surface area contributed by atoms with Gasteiger partial charge in [-0.3, -0.25) is 4.79 Å². The van der Waals surface area contributed by atoms with E-state index < -0.39 is 0 Å². The van der Waals surface area contributed by atoms with E-state index in [9.17, 15) is 4.79 Å². The normalized spacial score (nSPS) is 11.5. The minimum atomic E-state index is 0.158. The van der Waals surface area contributed by atoms with Crippen LogP contribution in [0.5, 0.6) is 0 Å². The van der Waals surface area contributed by atoms with Crippen LogP contribution in [0.3, 0.4) is 0 Å². The summed E-state index contributed by atoms with van der Waals surface area (Å²) < 4.78 is 0. The number of rotatable bonds is 4. The predicted octanol–water partition coefficient (Wildman–Crippen LogP) is 3.83. The van der Waals surface area contributed by atoms with E-state index in [1.54, 1.807) is 0 Å². The zero-order valence-electron chi connectivity index (χ0n) is 13.3. The molecule has 0 atom stereocenters. The first kappa shape index (κ1) is 14.7. The van der Waals surface area contributed by atoms with Crippen molar-refractivity contribution in [3.63, 3.8) is 0 Å². The SMILES string of the molecule is Cc1cc(C(=O)CCN(C)C)c2nc3ccccc3cc2c1. The highest BCUT2D eigenvalue weighted by Gasteiger charge is 2.13. The lowest BCUT2D eigenvalue weighted by molar-refractivity contribution is 0.0974. The zero-order chi connectivity index (χ0) is 15.7. The van der Waals surface area contributed by atoms with E-state index >= 15 is 0 Å². The highest BCUT2D eigenvalue weighted by atomic mass is 16.1. The molecule has 0 radical (unpaired) electrons. The fraction of sp³-hybridized carbons (Fsp3) is 0.263. The minimum Gasteiger partial charge on any atom is -0.309 e. The summed E-state index contributed by atoms with van der Waals surface area (Å²) in [4.78, 5) is 19.3. The fourth-order valence-electron chi connectivity index (χ4n) is 2.71. The van der Waals surface area contributed by atoms with Crippen LogP contribution in [-0.2, 0) is 0 Å². The Balaban J connectivity index is 2.16.